The lowest BCUT2D eigenvalue weighted by Crippen LogP contribution is -2.46. The van der Waals surface area contributed by atoms with Gasteiger partial charge in [-0.2, -0.15) is 0 Å². The number of rotatable bonds is 4. The highest BCUT2D eigenvalue weighted by Crippen LogP contribution is 2.33. The van der Waals surface area contributed by atoms with Crippen molar-refractivity contribution in [2.45, 2.75) is 26.1 Å². The predicted molar refractivity (Wildman–Crippen MR) is 92.0 cm³/mol. The number of benzene rings is 2. The summed E-state index contributed by atoms with van der Waals surface area (Å²) in [5, 5.41) is 2.77. The summed E-state index contributed by atoms with van der Waals surface area (Å²) in [6.45, 7) is 3.85. The minimum absolute atomic E-state index is 0.314. The van der Waals surface area contributed by atoms with Crippen LogP contribution in [0.3, 0.4) is 0 Å². The molecule has 0 saturated carbocycles. The van der Waals surface area contributed by atoms with E-state index in [1.165, 1.54) is 0 Å². The molecule has 6 heteroatoms. The second-order valence-electron chi connectivity index (χ2n) is 5.60. The SMILES string of the molecule is CCOC(=O)c1ccc(NC(=O)[C@H]2Oc3ccccc3O[C@@H]2C)cc1. The van der Waals surface area contributed by atoms with E-state index < -0.39 is 18.2 Å². The number of nitrogens with one attached hydrogen (secondary N) is 1. The van der Waals surface area contributed by atoms with Crippen LogP contribution < -0.4 is 14.8 Å². The Morgan fingerprint density at radius 1 is 1.04 bits per heavy atom. The topological polar surface area (TPSA) is 73.9 Å². The van der Waals surface area contributed by atoms with Crippen LogP contribution in [0.5, 0.6) is 11.5 Å². The van der Waals surface area contributed by atoms with E-state index in [0.717, 1.165) is 0 Å². The van der Waals surface area contributed by atoms with Gasteiger partial charge in [0.15, 0.2) is 11.5 Å². The monoisotopic (exact) mass is 341 g/mol. The van der Waals surface area contributed by atoms with E-state index in [4.69, 9.17) is 14.2 Å². The van der Waals surface area contributed by atoms with Gasteiger partial charge in [-0.25, -0.2) is 4.79 Å². The summed E-state index contributed by atoms with van der Waals surface area (Å²) in [6.07, 6.45) is -1.19. The number of esters is 1. The van der Waals surface area contributed by atoms with E-state index in [0.29, 0.717) is 29.4 Å². The number of amides is 1. The minimum atomic E-state index is -0.764. The Hall–Kier alpha value is -3.02. The van der Waals surface area contributed by atoms with Gasteiger partial charge in [0, 0.05) is 5.69 Å². The number of fused-ring (bicyclic) bond motifs is 1. The van der Waals surface area contributed by atoms with Crippen molar-refractivity contribution in [1.29, 1.82) is 0 Å². The molecule has 0 bridgehead atoms. The summed E-state index contributed by atoms with van der Waals surface area (Å²) < 4.78 is 16.4. The van der Waals surface area contributed by atoms with Crippen molar-refractivity contribution in [3.63, 3.8) is 0 Å². The van der Waals surface area contributed by atoms with Crippen LogP contribution in [0.1, 0.15) is 24.2 Å². The van der Waals surface area contributed by atoms with E-state index >= 15 is 0 Å². The molecule has 1 amide bonds. The minimum Gasteiger partial charge on any atom is -0.482 e. The third kappa shape index (κ3) is 3.74. The van der Waals surface area contributed by atoms with Gasteiger partial charge in [0.25, 0.3) is 5.91 Å². The molecule has 2 aromatic carbocycles. The molecule has 1 heterocycles. The summed E-state index contributed by atoms with van der Waals surface area (Å²) in [5.74, 6) is 0.455. The molecule has 2 aromatic rings. The zero-order valence-corrected chi connectivity index (χ0v) is 14.0. The largest absolute Gasteiger partial charge is 0.482 e. The smallest absolute Gasteiger partial charge is 0.338 e. The third-order valence-corrected chi connectivity index (χ3v) is 3.76. The van der Waals surface area contributed by atoms with Gasteiger partial charge in [0.05, 0.1) is 12.2 Å². The third-order valence-electron chi connectivity index (χ3n) is 3.76. The van der Waals surface area contributed by atoms with Gasteiger partial charge in [-0.05, 0) is 50.2 Å². The van der Waals surface area contributed by atoms with Gasteiger partial charge < -0.3 is 19.5 Å². The molecule has 0 radical (unpaired) electrons. The van der Waals surface area contributed by atoms with Crippen LogP contribution in [-0.2, 0) is 9.53 Å². The maximum absolute atomic E-state index is 12.5. The molecule has 25 heavy (non-hydrogen) atoms. The Morgan fingerprint density at radius 2 is 1.68 bits per heavy atom. The quantitative estimate of drug-likeness (QED) is 0.865. The molecule has 0 saturated heterocycles. The first-order valence-corrected chi connectivity index (χ1v) is 8.09. The standard InChI is InChI=1S/C19H19NO5/c1-3-23-19(22)13-8-10-14(11-9-13)20-18(21)17-12(2)24-15-6-4-5-7-16(15)25-17/h4-12,17H,3H2,1-2H3,(H,20,21)/t12-,17+/m1/s1. The lowest BCUT2D eigenvalue weighted by molar-refractivity contribution is -0.128. The Kier molecular flexibility index (Phi) is 4.88. The molecule has 0 aromatic heterocycles. The van der Waals surface area contributed by atoms with Crippen molar-refractivity contribution >= 4 is 17.6 Å². The molecule has 130 valence electrons. The van der Waals surface area contributed by atoms with E-state index in [1.807, 2.05) is 12.1 Å². The number of ether oxygens (including phenoxy) is 3. The lowest BCUT2D eigenvalue weighted by atomic mass is 10.1. The predicted octanol–water partition coefficient (Wildman–Crippen LogP) is 3.03. The lowest BCUT2D eigenvalue weighted by Gasteiger charge is -2.31. The number of carbonyl (C=O) groups excluding carboxylic acids is 2. The number of hydrogen-bond acceptors (Lipinski definition) is 5. The maximum Gasteiger partial charge on any atom is 0.338 e. The van der Waals surface area contributed by atoms with Crippen molar-refractivity contribution in [3.05, 3.63) is 54.1 Å². The second kappa shape index (κ2) is 7.25. The van der Waals surface area contributed by atoms with Crippen molar-refractivity contribution in [3.8, 4) is 11.5 Å². The summed E-state index contributed by atoms with van der Waals surface area (Å²) in [7, 11) is 0. The first kappa shape index (κ1) is 16.8. The maximum atomic E-state index is 12.5. The molecule has 0 fully saturated rings. The molecule has 1 aliphatic rings. The van der Waals surface area contributed by atoms with Crippen molar-refractivity contribution in [2.75, 3.05) is 11.9 Å². The summed E-state index contributed by atoms with van der Waals surface area (Å²) in [6, 6.07) is 13.7. The van der Waals surface area contributed by atoms with Crippen LogP contribution in [0, 0.1) is 0 Å². The van der Waals surface area contributed by atoms with E-state index in [-0.39, 0.29) is 5.91 Å². The fourth-order valence-corrected chi connectivity index (χ4v) is 2.52. The van der Waals surface area contributed by atoms with E-state index in [2.05, 4.69) is 5.32 Å². The Labute approximate surface area is 145 Å². The Balaban J connectivity index is 1.67. The molecule has 2 atom stereocenters. The molecule has 6 nitrogen and oxygen atoms in total. The summed E-state index contributed by atoms with van der Waals surface area (Å²) in [5.41, 5.74) is 0.993. The van der Waals surface area contributed by atoms with Crippen molar-refractivity contribution in [1.82, 2.24) is 0 Å². The van der Waals surface area contributed by atoms with Gasteiger partial charge in [-0.15, -0.1) is 0 Å². The van der Waals surface area contributed by atoms with Crippen LogP contribution in [-0.4, -0.2) is 30.7 Å². The van der Waals surface area contributed by atoms with Crippen LogP contribution >= 0.6 is 0 Å². The molecule has 1 aliphatic heterocycles. The van der Waals surface area contributed by atoms with Crippen LogP contribution in [0.25, 0.3) is 0 Å². The van der Waals surface area contributed by atoms with Crippen LogP contribution in [0.2, 0.25) is 0 Å². The Bertz CT molecular complexity index is 772. The normalized spacial score (nSPS) is 18.3. The fourth-order valence-electron chi connectivity index (χ4n) is 2.52. The number of anilines is 1. The number of carbonyl (C=O) groups is 2. The average Bonchev–Trinajstić information content (AvgIpc) is 2.62. The molecule has 0 aliphatic carbocycles. The molecule has 3 rings (SSSR count). The fraction of sp³-hybridized carbons (Fsp3) is 0.263. The zero-order chi connectivity index (χ0) is 17.8. The highest BCUT2D eigenvalue weighted by atomic mass is 16.6. The van der Waals surface area contributed by atoms with Gasteiger partial charge in [0.2, 0.25) is 6.10 Å². The van der Waals surface area contributed by atoms with Crippen LogP contribution in [0.15, 0.2) is 48.5 Å². The zero-order valence-electron chi connectivity index (χ0n) is 14.0. The average molecular weight is 341 g/mol. The summed E-state index contributed by atoms with van der Waals surface area (Å²) in [4.78, 5) is 24.1. The van der Waals surface area contributed by atoms with E-state index in [1.54, 1.807) is 50.2 Å². The van der Waals surface area contributed by atoms with Crippen molar-refractivity contribution < 1.29 is 23.8 Å². The van der Waals surface area contributed by atoms with Gasteiger partial charge in [-0.3, -0.25) is 4.79 Å². The first-order chi connectivity index (χ1) is 12.1. The Morgan fingerprint density at radius 3 is 2.32 bits per heavy atom. The second-order valence-corrected chi connectivity index (χ2v) is 5.60. The molecule has 0 spiro atoms. The van der Waals surface area contributed by atoms with E-state index in [9.17, 15) is 9.59 Å². The highest BCUT2D eigenvalue weighted by molar-refractivity contribution is 5.96. The molecule has 0 unspecified atom stereocenters. The van der Waals surface area contributed by atoms with Gasteiger partial charge in [0.1, 0.15) is 6.10 Å². The summed E-state index contributed by atoms with van der Waals surface area (Å²) >= 11 is 0. The van der Waals surface area contributed by atoms with Crippen molar-refractivity contribution in [2.24, 2.45) is 0 Å². The van der Waals surface area contributed by atoms with Gasteiger partial charge >= 0.3 is 5.97 Å². The molecular weight excluding hydrogens is 322 g/mol. The van der Waals surface area contributed by atoms with Gasteiger partial charge in [-0.1, -0.05) is 12.1 Å². The first-order valence-electron chi connectivity index (χ1n) is 8.09. The number of para-hydroxylation sites is 2. The molecule has 1 N–H and O–H groups in total. The molecular formula is C19H19NO5. The number of hydrogen-bond donors (Lipinski definition) is 1. The van der Waals surface area contributed by atoms with Crippen LogP contribution in [0.4, 0.5) is 5.69 Å². The highest BCUT2D eigenvalue weighted by Gasteiger charge is 2.34.